The largest absolute Gasteiger partial charge is 0.465 e. The van der Waals surface area contributed by atoms with Crippen molar-refractivity contribution >= 4 is 5.97 Å². The average Bonchev–Trinajstić information content (AvgIpc) is 2.74. The van der Waals surface area contributed by atoms with Crippen LogP contribution in [0.2, 0.25) is 0 Å². The van der Waals surface area contributed by atoms with Crippen LogP contribution in [0.15, 0.2) is 0 Å². The Morgan fingerprint density at radius 1 is 1.35 bits per heavy atom. The molecule has 0 radical (unpaired) electrons. The number of ether oxygens (including phenoxy) is 1. The lowest BCUT2D eigenvalue weighted by Crippen LogP contribution is -2.40. The van der Waals surface area contributed by atoms with E-state index in [1.54, 1.807) is 0 Å². The van der Waals surface area contributed by atoms with E-state index in [0.717, 1.165) is 32.4 Å². The highest BCUT2D eigenvalue weighted by Gasteiger charge is 2.45. The highest BCUT2D eigenvalue weighted by molar-refractivity contribution is 5.78. The Bertz CT molecular complexity index is 243. The van der Waals surface area contributed by atoms with Gasteiger partial charge >= 0.3 is 5.97 Å². The Morgan fingerprint density at radius 3 is 2.53 bits per heavy atom. The van der Waals surface area contributed by atoms with E-state index in [9.17, 15) is 4.79 Å². The number of carbonyl (C=O) groups excluding carboxylic acids is 1. The third-order valence-electron chi connectivity index (χ3n) is 3.86. The fourth-order valence-corrected chi connectivity index (χ4v) is 2.41. The SMILES string of the molecule is CC(C)CCCOC(=O)C1(C(C)C)CCNC1. The van der Waals surface area contributed by atoms with Crippen molar-refractivity contribution in [3.8, 4) is 0 Å². The monoisotopic (exact) mass is 241 g/mol. The number of esters is 1. The van der Waals surface area contributed by atoms with Crippen LogP contribution >= 0.6 is 0 Å². The molecule has 1 N–H and O–H groups in total. The van der Waals surface area contributed by atoms with Crippen molar-refractivity contribution in [2.45, 2.75) is 47.0 Å². The fourth-order valence-electron chi connectivity index (χ4n) is 2.41. The number of carbonyl (C=O) groups is 1. The lowest BCUT2D eigenvalue weighted by atomic mass is 9.76. The van der Waals surface area contributed by atoms with Crippen LogP contribution in [0, 0.1) is 17.3 Å². The summed E-state index contributed by atoms with van der Waals surface area (Å²) < 4.78 is 5.46. The highest BCUT2D eigenvalue weighted by atomic mass is 16.5. The summed E-state index contributed by atoms with van der Waals surface area (Å²) in [6, 6.07) is 0. The lowest BCUT2D eigenvalue weighted by molar-refractivity contribution is -0.157. The number of nitrogens with one attached hydrogen (secondary N) is 1. The Labute approximate surface area is 105 Å². The summed E-state index contributed by atoms with van der Waals surface area (Å²) in [5.74, 6) is 1.03. The predicted octanol–water partition coefficient (Wildman–Crippen LogP) is 2.60. The van der Waals surface area contributed by atoms with Crippen molar-refractivity contribution in [2.24, 2.45) is 17.3 Å². The quantitative estimate of drug-likeness (QED) is 0.574. The second kappa shape index (κ2) is 6.39. The third kappa shape index (κ3) is 3.70. The molecule has 1 heterocycles. The van der Waals surface area contributed by atoms with Crippen LogP contribution in [0.25, 0.3) is 0 Å². The van der Waals surface area contributed by atoms with E-state index in [1.165, 1.54) is 0 Å². The van der Waals surface area contributed by atoms with Crippen LogP contribution in [-0.4, -0.2) is 25.7 Å². The van der Waals surface area contributed by atoms with E-state index in [2.05, 4.69) is 33.0 Å². The smallest absolute Gasteiger partial charge is 0.313 e. The van der Waals surface area contributed by atoms with E-state index in [1.807, 2.05) is 0 Å². The van der Waals surface area contributed by atoms with Gasteiger partial charge < -0.3 is 10.1 Å². The van der Waals surface area contributed by atoms with E-state index >= 15 is 0 Å². The molecule has 1 rings (SSSR count). The van der Waals surface area contributed by atoms with Gasteiger partial charge in [-0.2, -0.15) is 0 Å². The summed E-state index contributed by atoms with van der Waals surface area (Å²) >= 11 is 0. The van der Waals surface area contributed by atoms with Crippen LogP contribution in [0.4, 0.5) is 0 Å². The van der Waals surface area contributed by atoms with Gasteiger partial charge in [0, 0.05) is 6.54 Å². The van der Waals surface area contributed by atoms with Gasteiger partial charge in [-0.05, 0) is 37.6 Å². The van der Waals surface area contributed by atoms with Gasteiger partial charge in [0.15, 0.2) is 0 Å². The topological polar surface area (TPSA) is 38.3 Å². The molecule has 17 heavy (non-hydrogen) atoms. The first kappa shape index (κ1) is 14.5. The van der Waals surface area contributed by atoms with Gasteiger partial charge in [0.05, 0.1) is 12.0 Å². The van der Waals surface area contributed by atoms with Crippen molar-refractivity contribution in [1.82, 2.24) is 5.32 Å². The van der Waals surface area contributed by atoms with Crippen molar-refractivity contribution in [1.29, 1.82) is 0 Å². The predicted molar refractivity (Wildman–Crippen MR) is 69.8 cm³/mol. The van der Waals surface area contributed by atoms with Gasteiger partial charge in [0.1, 0.15) is 0 Å². The maximum Gasteiger partial charge on any atom is 0.313 e. The minimum Gasteiger partial charge on any atom is -0.465 e. The Hall–Kier alpha value is -0.570. The van der Waals surface area contributed by atoms with Crippen molar-refractivity contribution < 1.29 is 9.53 Å². The Kier molecular flexibility index (Phi) is 5.44. The zero-order valence-corrected chi connectivity index (χ0v) is 11.7. The summed E-state index contributed by atoms with van der Waals surface area (Å²) in [7, 11) is 0. The molecule has 0 aromatic heterocycles. The maximum atomic E-state index is 12.2. The first-order valence-electron chi connectivity index (χ1n) is 6.87. The first-order valence-corrected chi connectivity index (χ1v) is 6.87. The maximum absolute atomic E-state index is 12.2. The molecule has 3 heteroatoms. The number of hydrogen-bond donors (Lipinski definition) is 1. The molecule has 1 fully saturated rings. The van der Waals surface area contributed by atoms with Crippen LogP contribution in [0.1, 0.15) is 47.0 Å². The molecule has 1 aliphatic heterocycles. The van der Waals surface area contributed by atoms with E-state index < -0.39 is 0 Å². The molecule has 0 spiro atoms. The van der Waals surface area contributed by atoms with Gasteiger partial charge in [-0.15, -0.1) is 0 Å². The molecule has 1 aliphatic rings. The fraction of sp³-hybridized carbons (Fsp3) is 0.929. The molecule has 0 aliphatic carbocycles. The van der Waals surface area contributed by atoms with E-state index in [4.69, 9.17) is 4.74 Å². The highest BCUT2D eigenvalue weighted by Crippen LogP contribution is 2.35. The van der Waals surface area contributed by atoms with E-state index in [0.29, 0.717) is 18.4 Å². The van der Waals surface area contributed by atoms with Crippen molar-refractivity contribution in [3.63, 3.8) is 0 Å². The minimum absolute atomic E-state index is 0.00116. The molecule has 1 unspecified atom stereocenters. The van der Waals surface area contributed by atoms with Crippen LogP contribution in [0.5, 0.6) is 0 Å². The molecule has 0 aromatic rings. The molecular formula is C14H27NO2. The van der Waals surface area contributed by atoms with Gasteiger partial charge in [-0.3, -0.25) is 4.79 Å². The van der Waals surface area contributed by atoms with Crippen molar-refractivity contribution in [2.75, 3.05) is 19.7 Å². The molecule has 0 bridgehead atoms. The van der Waals surface area contributed by atoms with Crippen LogP contribution in [0.3, 0.4) is 0 Å². The van der Waals surface area contributed by atoms with Gasteiger partial charge in [0.2, 0.25) is 0 Å². The van der Waals surface area contributed by atoms with Crippen molar-refractivity contribution in [3.05, 3.63) is 0 Å². The molecule has 3 nitrogen and oxygen atoms in total. The van der Waals surface area contributed by atoms with Crippen LogP contribution in [-0.2, 0) is 9.53 Å². The molecule has 0 saturated carbocycles. The zero-order valence-electron chi connectivity index (χ0n) is 11.7. The van der Waals surface area contributed by atoms with Gasteiger partial charge in [-0.25, -0.2) is 0 Å². The molecule has 0 amide bonds. The molecule has 100 valence electrons. The average molecular weight is 241 g/mol. The molecular weight excluding hydrogens is 214 g/mol. The lowest BCUT2D eigenvalue weighted by Gasteiger charge is -2.29. The Morgan fingerprint density at radius 2 is 2.06 bits per heavy atom. The summed E-state index contributed by atoms with van der Waals surface area (Å²) in [6.07, 6.45) is 3.01. The summed E-state index contributed by atoms with van der Waals surface area (Å²) in [6.45, 7) is 10.9. The van der Waals surface area contributed by atoms with Crippen LogP contribution < -0.4 is 5.32 Å². The summed E-state index contributed by atoms with van der Waals surface area (Å²) in [5.41, 5.74) is -0.280. The van der Waals surface area contributed by atoms with Gasteiger partial charge in [-0.1, -0.05) is 27.7 Å². The Balaban J connectivity index is 2.39. The number of rotatable bonds is 6. The standard InChI is InChI=1S/C14H27NO2/c1-11(2)6-5-9-17-13(16)14(12(3)4)7-8-15-10-14/h11-12,15H,5-10H2,1-4H3. The summed E-state index contributed by atoms with van der Waals surface area (Å²) in [4.78, 5) is 12.2. The second-order valence-electron chi connectivity index (χ2n) is 5.91. The third-order valence-corrected chi connectivity index (χ3v) is 3.86. The van der Waals surface area contributed by atoms with Gasteiger partial charge in [0.25, 0.3) is 0 Å². The molecule has 1 atom stereocenters. The first-order chi connectivity index (χ1) is 7.99. The minimum atomic E-state index is -0.280. The normalized spacial score (nSPS) is 24.6. The zero-order chi connectivity index (χ0) is 12.9. The second-order valence-corrected chi connectivity index (χ2v) is 5.91. The van der Waals surface area contributed by atoms with E-state index in [-0.39, 0.29) is 11.4 Å². The molecule has 1 saturated heterocycles. The number of hydrogen-bond acceptors (Lipinski definition) is 3. The summed E-state index contributed by atoms with van der Waals surface area (Å²) in [5, 5.41) is 3.28. The molecule has 0 aromatic carbocycles.